The van der Waals surface area contributed by atoms with Crippen molar-refractivity contribution in [2.45, 2.75) is 87.0 Å². The zero-order valence-corrected chi connectivity index (χ0v) is 18.8. The molecule has 33 heavy (non-hydrogen) atoms. The number of amides is 1. The van der Waals surface area contributed by atoms with Gasteiger partial charge in [0.25, 0.3) is 0 Å². The van der Waals surface area contributed by atoms with Crippen LogP contribution in [0.1, 0.15) is 62.5 Å². The van der Waals surface area contributed by atoms with E-state index >= 15 is 0 Å². The molecule has 5 aliphatic rings. The van der Waals surface area contributed by atoms with Gasteiger partial charge < -0.3 is 25.4 Å². The Morgan fingerprint density at radius 3 is 2.76 bits per heavy atom. The Morgan fingerprint density at radius 2 is 2.00 bits per heavy atom. The van der Waals surface area contributed by atoms with Crippen molar-refractivity contribution in [1.82, 2.24) is 10.2 Å². The minimum atomic E-state index is -0.899. The summed E-state index contributed by atoms with van der Waals surface area (Å²) in [4.78, 5) is 26.7. The van der Waals surface area contributed by atoms with Gasteiger partial charge in [-0.3, -0.25) is 14.5 Å². The summed E-state index contributed by atoms with van der Waals surface area (Å²) in [6, 6.07) is 3.75. The lowest BCUT2D eigenvalue weighted by Crippen LogP contribution is -2.82. The molecule has 2 heterocycles. The first kappa shape index (κ1) is 21.2. The molecule has 2 bridgehead atoms. The van der Waals surface area contributed by atoms with Crippen molar-refractivity contribution < 1.29 is 29.6 Å². The van der Waals surface area contributed by atoms with E-state index in [-0.39, 0.29) is 30.5 Å². The van der Waals surface area contributed by atoms with Crippen molar-refractivity contribution >= 4 is 11.9 Å². The number of aliphatic carboxylic acids is 1. The molecule has 2 aliphatic heterocycles. The number of benzene rings is 1. The highest BCUT2D eigenvalue weighted by atomic mass is 16.5. The number of aliphatic hydroxyl groups excluding tert-OH is 1. The van der Waals surface area contributed by atoms with Crippen LogP contribution in [-0.4, -0.2) is 69.0 Å². The van der Waals surface area contributed by atoms with Gasteiger partial charge in [-0.1, -0.05) is 6.07 Å². The molecule has 1 saturated heterocycles. The SMILES string of the molecule is O=C(O)CCCC(=O)N[C@@]12CC[C@H](O)[C@@H]3Oc4c(O)ccc5c4[C@@]31CCN(CC1CC1)[C@@H]2C5. The lowest BCUT2D eigenvalue weighted by atomic mass is 9.47. The first-order valence-corrected chi connectivity index (χ1v) is 12.3. The van der Waals surface area contributed by atoms with Crippen LogP contribution in [0.3, 0.4) is 0 Å². The van der Waals surface area contributed by atoms with Crippen molar-refractivity contribution in [3.05, 3.63) is 23.3 Å². The van der Waals surface area contributed by atoms with Gasteiger partial charge in [-0.25, -0.2) is 0 Å². The third-order valence-electron chi connectivity index (χ3n) is 8.94. The highest BCUT2D eigenvalue weighted by Gasteiger charge is 2.73. The molecule has 6 rings (SSSR count). The van der Waals surface area contributed by atoms with Gasteiger partial charge in [-0.05, 0) is 69.0 Å². The van der Waals surface area contributed by atoms with E-state index in [1.165, 1.54) is 12.8 Å². The van der Waals surface area contributed by atoms with Crippen LogP contribution in [0, 0.1) is 5.92 Å². The number of aliphatic hydroxyl groups is 1. The maximum atomic E-state index is 13.2. The first-order chi connectivity index (χ1) is 15.9. The van der Waals surface area contributed by atoms with Gasteiger partial charge in [0.1, 0.15) is 6.10 Å². The number of ether oxygens (including phenoxy) is 1. The molecular formula is C25H32N2O6. The number of carboxylic acids is 1. The van der Waals surface area contributed by atoms with Crippen molar-refractivity contribution in [3.63, 3.8) is 0 Å². The van der Waals surface area contributed by atoms with Crippen LogP contribution in [0.15, 0.2) is 12.1 Å². The molecule has 4 N–H and O–H groups in total. The molecule has 8 heteroatoms. The van der Waals surface area contributed by atoms with E-state index in [9.17, 15) is 19.8 Å². The monoisotopic (exact) mass is 456 g/mol. The molecule has 1 aromatic carbocycles. The minimum Gasteiger partial charge on any atom is -0.504 e. The van der Waals surface area contributed by atoms with Crippen molar-refractivity contribution in [2.75, 3.05) is 13.1 Å². The van der Waals surface area contributed by atoms with Crippen molar-refractivity contribution in [3.8, 4) is 11.5 Å². The van der Waals surface area contributed by atoms with Gasteiger partial charge in [-0.15, -0.1) is 0 Å². The maximum Gasteiger partial charge on any atom is 0.303 e. The summed E-state index contributed by atoms with van der Waals surface area (Å²) in [5, 5.41) is 34.1. The van der Waals surface area contributed by atoms with Crippen LogP contribution < -0.4 is 10.1 Å². The van der Waals surface area contributed by atoms with E-state index in [1.54, 1.807) is 6.07 Å². The third-order valence-corrected chi connectivity index (χ3v) is 8.94. The molecule has 0 unspecified atom stereocenters. The second-order valence-electron chi connectivity index (χ2n) is 10.7. The van der Waals surface area contributed by atoms with Crippen LogP contribution in [-0.2, 0) is 21.4 Å². The highest BCUT2D eigenvalue weighted by molar-refractivity contribution is 5.79. The number of piperidine rings is 1. The number of rotatable bonds is 7. The number of hydrogen-bond donors (Lipinski definition) is 4. The van der Waals surface area contributed by atoms with E-state index < -0.39 is 29.1 Å². The van der Waals surface area contributed by atoms with Gasteiger partial charge in [0, 0.05) is 31.0 Å². The van der Waals surface area contributed by atoms with Gasteiger partial charge in [0.2, 0.25) is 5.91 Å². The molecule has 1 amide bonds. The van der Waals surface area contributed by atoms with Crippen LogP contribution in [0.2, 0.25) is 0 Å². The molecule has 0 aromatic heterocycles. The van der Waals surface area contributed by atoms with Crippen molar-refractivity contribution in [2.24, 2.45) is 5.92 Å². The normalized spacial score (nSPS) is 36.1. The zero-order valence-electron chi connectivity index (χ0n) is 18.8. The van der Waals surface area contributed by atoms with E-state index in [1.807, 2.05) is 6.07 Å². The molecule has 1 aromatic rings. The fraction of sp³-hybridized carbons (Fsp3) is 0.680. The minimum absolute atomic E-state index is 0.0336. The second kappa shape index (κ2) is 7.34. The molecule has 178 valence electrons. The molecular weight excluding hydrogens is 424 g/mol. The van der Waals surface area contributed by atoms with Gasteiger partial charge in [-0.2, -0.15) is 0 Å². The summed E-state index contributed by atoms with van der Waals surface area (Å²) in [6.07, 6.45) is 4.40. The standard InChI is InChI=1S/C25H32N2O6/c28-16-7-6-15-12-18-25(26-19(30)2-1-3-20(31)32)9-8-17(29)23-24(25,21(15)22(16)33-23)10-11-27(18)13-14-4-5-14/h6-7,14,17-18,23,28-29H,1-5,8-13H2,(H,26,30)(H,31,32)/t17-,18+,23-,24-,25+/m0/s1. The molecule has 1 spiro atoms. The number of carboxylic acid groups (broad SMARTS) is 1. The second-order valence-corrected chi connectivity index (χ2v) is 10.7. The van der Waals surface area contributed by atoms with Crippen LogP contribution in [0.5, 0.6) is 11.5 Å². The Labute approximate surface area is 192 Å². The van der Waals surface area contributed by atoms with Gasteiger partial charge in [0.05, 0.1) is 17.1 Å². The lowest BCUT2D eigenvalue weighted by molar-refractivity contribution is -0.148. The Morgan fingerprint density at radius 1 is 1.18 bits per heavy atom. The average Bonchev–Trinajstić information content (AvgIpc) is 3.50. The first-order valence-electron chi connectivity index (χ1n) is 12.3. The van der Waals surface area contributed by atoms with Crippen LogP contribution in [0.4, 0.5) is 0 Å². The Hall–Kier alpha value is -2.32. The summed E-state index contributed by atoms with van der Waals surface area (Å²) in [5.74, 6) is 0.233. The molecule has 2 saturated carbocycles. The summed E-state index contributed by atoms with van der Waals surface area (Å²) >= 11 is 0. The number of hydrogen-bond acceptors (Lipinski definition) is 6. The Kier molecular flexibility index (Phi) is 4.72. The van der Waals surface area contributed by atoms with Crippen molar-refractivity contribution in [1.29, 1.82) is 0 Å². The number of aromatic hydroxyl groups is 1. The molecule has 3 fully saturated rings. The fourth-order valence-electron chi connectivity index (χ4n) is 7.47. The summed E-state index contributed by atoms with van der Waals surface area (Å²) in [7, 11) is 0. The quantitative estimate of drug-likeness (QED) is 0.493. The maximum absolute atomic E-state index is 13.2. The number of carbonyl (C=O) groups excluding carboxylic acids is 1. The summed E-state index contributed by atoms with van der Waals surface area (Å²) < 4.78 is 6.32. The number of phenolic OH excluding ortho intramolecular Hbond substituents is 1. The zero-order chi connectivity index (χ0) is 23.0. The molecule has 8 nitrogen and oxygen atoms in total. The lowest BCUT2D eigenvalue weighted by Gasteiger charge is -2.66. The van der Waals surface area contributed by atoms with Gasteiger partial charge in [0.15, 0.2) is 11.5 Å². The van der Waals surface area contributed by atoms with Gasteiger partial charge >= 0.3 is 5.97 Å². The number of nitrogens with one attached hydrogen (secondary N) is 1. The Balaban J connectivity index is 1.45. The van der Waals surface area contributed by atoms with E-state index in [4.69, 9.17) is 9.84 Å². The predicted molar refractivity (Wildman–Crippen MR) is 118 cm³/mol. The molecule has 3 aliphatic carbocycles. The highest BCUT2D eigenvalue weighted by Crippen LogP contribution is 2.65. The summed E-state index contributed by atoms with van der Waals surface area (Å²) in [5.41, 5.74) is 0.899. The van der Waals surface area contributed by atoms with E-state index in [0.29, 0.717) is 30.9 Å². The van der Waals surface area contributed by atoms with Crippen LogP contribution >= 0.6 is 0 Å². The summed E-state index contributed by atoms with van der Waals surface area (Å²) in [6.45, 7) is 1.89. The topological polar surface area (TPSA) is 119 Å². The van der Waals surface area contributed by atoms with E-state index in [0.717, 1.165) is 37.1 Å². The molecule has 5 atom stereocenters. The fourth-order valence-corrected chi connectivity index (χ4v) is 7.47. The van der Waals surface area contributed by atoms with E-state index in [2.05, 4.69) is 10.2 Å². The average molecular weight is 457 g/mol. The predicted octanol–water partition coefficient (Wildman–Crippen LogP) is 1.70. The van der Waals surface area contributed by atoms with Crippen LogP contribution in [0.25, 0.3) is 0 Å². The number of nitrogens with zero attached hydrogens (tertiary/aromatic N) is 1. The largest absolute Gasteiger partial charge is 0.504 e. The number of phenols is 1. The number of carbonyl (C=O) groups is 2. The molecule has 0 radical (unpaired) electrons. The Bertz CT molecular complexity index is 1010. The number of likely N-dealkylation sites (tertiary alicyclic amines) is 1. The third kappa shape index (κ3) is 2.96. The smallest absolute Gasteiger partial charge is 0.303 e.